The van der Waals surface area contributed by atoms with E-state index in [1.807, 2.05) is 5.51 Å². The number of hydrogen-bond donors (Lipinski definition) is 2. The Labute approximate surface area is 114 Å². The van der Waals surface area contributed by atoms with Crippen molar-refractivity contribution in [1.29, 1.82) is 0 Å². The van der Waals surface area contributed by atoms with Gasteiger partial charge in [-0.1, -0.05) is 13.8 Å². The molecule has 0 radical (unpaired) electrons. The molecule has 0 saturated carbocycles. The zero-order chi connectivity index (χ0) is 12.8. The van der Waals surface area contributed by atoms with Crippen LogP contribution >= 0.6 is 11.3 Å². The molecule has 3 nitrogen and oxygen atoms in total. The van der Waals surface area contributed by atoms with E-state index in [0.29, 0.717) is 5.41 Å². The number of piperidine rings is 1. The van der Waals surface area contributed by atoms with Crippen molar-refractivity contribution in [2.24, 2.45) is 11.3 Å². The van der Waals surface area contributed by atoms with E-state index in [1.54, 1.807) is 11.3 Å². The summed E-state index contributed by atoms with van der Waals surface area (Å²) in [6, 6.07) is 0. The molecule has 1 unspecified atom stereocenters. The van der Waals surface area contributed by atoms with E-state index in [0.717, 1.165) is 25.4 Å². The summed E-state index contributed by atoms with van der Waals surface area (Å²) in [5.41, 5.74) is 3.51. The van der Waals surface area contributed by atoms with Gasteiger partial charge < -0.3 is 10.6 Å². The van der Waals surface area contributed by atoms with Crippen LogP contribution < -0.4 is 10.6 Å². The average Bonchev–Trinajstić information content (AvgIpc) is 2.89. The minimum atomic E-state index is 0.384. The highest BCUT2D eigenvalue weighted by atomic mass is 32.1. The van der Waals surface area contributed by atoms with Gasteiger partial charge >= 0.3 is 0 Å². The Hall–Kier alpha value is -0.450. The van der Waals surface area contributed by atoms with Crippen LogP contribution in [0.15, 0.2) is 10.9 Å². The number of nitrogens with one attached hydrogen (secondary N) is 2. The van der Waals surface area contributed by atoms with Gasteiger partial charge in [-0.3, -0.25) is 0 Å². The molecule has 1 fully saturated rings. The third-order valence-electron chi connectivity index (χ3n) is 4.02. The molecule has 1 atom stereocenters. The van der Waals surface area contributed by atoms with Crippen LogP contribution in [-0.2, 0) is 6.42 Å². The van der Waals surface area contributed by atoms with Gasteiger partial charge in [0.2, 0.25) is 0 Å². The fourth-order valence-electron chi connectivity index (χ4n) is 2.65. The Bertz CT molecular complexity index is 329. The van der Waals surface area contributed by atoms with Crippen molar-refractivity contribution in [1.82, 2.24) is 15.6 Å². The molecule has 2 rings (SSSR count). The highest BCUT2D eigenvalue weighted by Crippen LogP contribution is 2.30. The molecule has 0 aromatic carbocycles. The average molecular weight is 267 g/mol. The minimum Gasteiger partial charge on any atom is -0.316 e. The topological polar surface area (TPSA) is 37.0 Å². The smallest absolute Gasteiger partial charge is 0.0794 e. The summed E-state index contributed by atoms with van der Waals surface area (Å²) in [6.07, 6.45) is 3.74. The molecule has 102 valence electrons. The summed E-state index contributed by atoms with van der Waals surface area (Å²) in [6.45, 7) is 9.29. The summed E-state index contributed by atoms with van der Waals surface area (Å²) in [7, 11) is 0. The lowest BCUT2D eigenvalue weighted by atomic mass is 9.75. The van der Waals surface area contributed by atoms with Crippen LogP contribution in [0.5, 0.6) is 0 Å². The van der Waals surface area contributed by atoms with Gasteiger partial charge in [0, 0.05) is 24.9 Å². The van der Waals surface area contributed by atoms with Crippen molar-refractivity contribution in [3.05, 3.63) is 16.6 Å². The molecular weight excluding hydrogens is 242 g/mol. The Morgan fingerprint density at radius 1 is 1.56 bits per heavy atom. The SMILES string of the molecule is CC(C)(CNCCc1cscn1)C1CCCNC1. The lowest BCUT2D eigenvalue weighted by Gasteiger charge is -2.37. The maximum atomic E-state index is 4.31. The van der Waals surface area contributed by atoms with Crippen LogP contribution in [0.1, 0.15) is 32.4 Å². The van der Waals surface area contributed by atoms with Gasteiger partial charge in [-0.05, 0) is 37.3 Å². The Balaban J connectivity index is 1.67. The second-order valence-corrected chi connectivity index (χ2v) is 6.66. The monoisotopic (exact) mass is 267 g/mol. The highest BCUT2D eigenvalue weighted by Gasteiger charge is 2.29. The first-order valence-electron chi connectivity index (χ1n) is 6.97. The van der Waals surface area contributed by atoms with Crippen molar-refractivity contribution in [2.75, 3.05) is 26.2 Å². The van der Waals surface area contributed by atoms with Crippen LogP contribution in [0.25, 0.3) is 0 Å². The van der Waals surface area contributed by atoms with E-state index >= 15 is 0 Å². The number of thiazole rings is 1. The van der Waals surface area contributed by atoms with E-state index in [9.17, 15) is 0 Å². The molecular formula is C14H25N3S. The van der Waals surface area contributed by atoms with E-state index in [-0.39, 0.29) is 0 Å². The van der Waals surface area contributed by atoms with Crippen LogP contribution in [0.2, 0.25) is 0 Å². The van der Waals surface area contributed by atoms with E-state index in [1.165, 1.54) is 31.6 Å². The highest BCUT2D eigenvalue weighted by molar-refractivity contribution is 7.07. The van der Waals surface area contributed by atoms with Crippen molar-refractivity contribution in [2.45, 2.75) is 33.1 Å². The summed E-state index contributed by atoms with van der Waals surface area (Å²) in [5.74, 6) is 0.804. The molecule has 1 aliphatic heterocycles. The molecule has 1 aromatic heterocycles. The fraction of sp³-hybridized carbons (Fsp3) is 0.786. The lowest BCUT2D eigenvalue weighted by Crippen LogP contribution is -2.43. The Morgan fingerprint density at radius 2 is 2.44 bits per heavy atom. The maximum Gasteiger partial charge on any atom is 0.0794 e. The first-order chi connectivity index (χ1) is 8.68. The molecule has 4 heteroatoms. The number of hydrogen-bond acceptors (Lipinski definition) is 4. The molecule has 2 N–H and O–H groups in total. The number of rotatable bonds is 6. The van der Waals surface area contributed by atoms with Gasteiger partial charge in [-0.15, -0.1) is 11.3 Å². The first-order valence-corrected chi connectivity index (χ1v) is 7.91. The van der Waals surface area contributed by atoms with E-state index < -0.39 is 0 Å². The lowest BCUT2D eigenvalue weighted by molar-refractivity contribution is 0.167. The second-order valence-electron chi connectivity index (χ2n) is 5.94. The van der Waals surface area contributed by atoms with Crippen molar-refractivity contribution < 1.29 is 0 Å². The molecule has 2 heterocycles. The number of aromatic nitrogens is 1. The van der Waals surface area contributed by atoms with Crippen molar-refractivity contribution in [3.8, 4) is 0 Å². The van der Waals surface area contributed by atoms with Crippen LogP contribution in [-0.4, -0.2) is 31.2 Å². The van der Waals surface area contributed by atoms with E-state index in [4.69, 9.17) is 0 Å². The van der Waals surface area contributed by atoms with Crippen molar-refractivity contribution in [3.63, 3.8) is 0 Å². The van der Waals surface area contributed by atoms with Gasteiger partial charge in [0.15, 0.2) is 0 Å². The predicted molar refractivity (Wildman–Crippen MR) is 78.1 cm³/mol. The van der Waals surface area contributed by atoms with Crippen LogP contribution in [0, 0.1) is 11.3 Å². The fourth-order valence-corrected chi connectivity index (χ4v) is 3.24. The second kappa shape index (κ2) is 6.64. The zero-order valence-electron chi connectivity index (χ0n) is 11.5. The Kier molecular flexibility index (Phi) is 5.15. The maximum absolute atomic E-state index is 4.31. The molecule has 0 aliphatic carbocycles. The van der Waals surface area contributed by atoms with Gasteiger partial charge in [-0.2, -0.15) is 0 Å². The quantitative estimate of drug-likeness (QED) is 0.777. The molecule has 1 saturated heterocycles. The zero-order valence-corrected chi connectivity index (χ0v) is 12.4. The molecule has 1 aromatic rings. The summed E-state index contributed by atoms with van der Waals surface area (Å²) in [4.78, 5) is 4.31. The Morgan fingerprint density at radius 3 is 3.11 bits per heavy atom. The van der Waals surface area contributed by atoms with Gasteiger partial charge in [-0.25, -0.2) is 4.98 Å². The normalized spacial score (nSPS) is 21.1. The standard InChI is InChI=1S/C14H25N3S/c1-14(2,12-4-3-6-15-8-12)10-16-7-5-13-9-18-11-17-13/h9,11-12,15-16H,3-8,10H2,1-2H3. The number of nitrogens with zero attached hydrogens (tertiary/aromatic N) is 1. The third-order valence-corrected chi connectivity index (χ3v) is 4.66. The van der Waals surface area contributed by atoms with Crippen LogP contribution in [0.4, 0.5) is 0 Å². The molecule has 0 spiro atoms. The first kappa shape index (κ1) is 14.0. The predicted octanol–water partition coefficient (Wildman–Crippen LogP) is 2.30. The summed E-state index contributed by atoms with van der Waals surface area (Å²) in [5, 5.41) is 9.25. The summed E-state index contributed by atoms with van der Waals surface area (Å²) < 4.78 is 0. The summed E-state index contributed by atoms with van der Waals surface area (Å²) >= 11 is 1.68. The molecule has 0 amide bonds. The van der Waals surface area contributed by atoms with Gasteiger partial charge in [0.05, 0.1) is 11.2 Å². The van der Waals surface area contributed by atoms with E-state index in [2.05, 4.69) is 34.8 Å². The van der Waals surface area contributed by atoms with Crippen molar-refractivity contribution >= 4 is 11.3 Å². The third kappa shape index (κ3) is 4.04. The minimum absolute atomic E-state index is 0.384. The largest absolute Gasteiger partial charge is 0.316 e. The molecule has 18 heavy (non-hydrogen) atoms. The molecule has 0 bridgehead atoms. The van der Waals surface area contributed by atoms with Gasteiger partial charge in [0.1, 0.15) is 0 Å². The molecule has 1 aliphatic rings. The van der Waals surface area contributed by atoms with Gasteiger partial charge in [0.25, 0.3) is 0 Å². The van der Waals surface area contributed by atoms with Crippen LogP contribution in [0.3, 0.4) is 0 Å².